The fraction of sp³-hybridized carbons (Fsp3) is 0.258. The standard InChI is InChI=1S/C62H57BN2/c1-59(2,3)38-21-25-51-45(29-38)46-30-40(61(7,8)9)32-48-54-42-22-18-36-26-39(60(4,5)6)27-37-19-23-43(53(42)52(36)37)58-55(54)63(65(51)56(46)48)49-33-41(62(10,11)12)31-47-44-28-35(34-16-14-13-15-17-34)20-24-50(44)64(58)57(47)49/h13-33H,1-12H3. The van der Waals surface area contributed by atoms with Gasteiger partial charge in [-0.05, 0) is 136 Å². The largest absolute Gasteiger partial charge is 0.375 e. The predicted octanol–water partition coefficient (Wildman–Crippen LogP) is 15.6. The van der Waals surface area contributed by atoms with E-state index in [0.29, 0.717) is 0 Å². The number of hydrogen-bond donors (Lipinski definition) is 0. The number of fused-ring (bicyclic) bond motifs is 12. The van der Waals surface area contributed by atoms with Crippen LogP contribution in [0.15, 0.2) is 127 Å². The van der Waals surface area contributed by atoms with Crippen molar-refractivity contribution in [1.29, 1.82) is 0 Å². The molecule has 2 aliphatic rings. The Morgan fingerprint density at radius 3 is 1.63 bits per heavy atom. The minimum Gasteiger partial charge on any atom is -0.375 e. The molecular weight excluding hydrogens is 784 g/mol. The lowest BCUT2D eigenvalue weighted by molar-refractivity contribution is 0.590. The van der Waals surface area contributed by atoms with Crippen LogP contribution in [0.25, 0.3) is 104 Å². The molecule has 2 nitrogen and oxygen atoms in total. The average Bonchev–Trinajstić information content (AvgIpc) is 3.77. The highest BCUT2D eigenvalue weighted by Crippen LogP contribution is 2.51. The molecule has 0 N–H and O–H groups in total. The van der Waals surface area contributed by atoms with Crippen LogP contribution in [0.4, 0.5) is 0 Å². The van der Waals surface area contributed by atoms with Crippen molar-refractivity contribution in [1.82, 2.24) is 9.05 Å². The Hall–Kier alpha value is -6.32. The van der Waals surface area contributed by atoms with Crippen LogP contribution in [0, 0.1) is 0 Å². The lowest BCUT2D eigenvalue weighted by Gasteiger charge is -2.37. The zero-order valence-corrected chi connectivity index (χ0v) is 40.1. The molecule has 0 saturated carbocycles. The normalized spacial score (nSPS) is 14.1. The van der Waals surface area contributed by atoms with Crippen molar-refractivity contribution in [3.8, 4) is 27.9 Å². The van der Waals surface area contributed by atoms with E-state index >= 15 is 0 Å². The van der Waals surface area contributed by atoms with Gasteiger partial charge in [-0.15, -0.1) is 0 Å². The molecule has 0 aliphatic carbocycles. The van der Waals surface area contributed by atoms with Crippen LogP contribution >= 0.6 is 0 Å². The zero-order chi connectivity index (χ0) is 45.0. The second-order valence-electron chi connectivity index (χ2n) is 23.9. The summed E-state index contributed by atoms with van der Waals surface area (Å²) in [6, 6.07) is 50.6. The lowest BCUT2D eigenvalue weighted by atomic mass is 9.44. The first-order valence-electron chi connectivity index (χ1n) is 23.9. The summed E-state index contributed by atoms with van der Waals surface area (Å²) in [6.07, 6.45) is 0. The Morgan fingerprint density at radius 2 is 0.969 bits per heavy atom. The molecule has 4 heterocycles. The maximum Gasteiger partial charge on any atom is 0.333 e. The van der Waals surface area contributed by atoms with E-state index in [1.807, 2.05) is 0 Å². The van der Waals surface area contributed by atoms with Crippen molar-refractivity contribution >= 4 is 93.7 Å². The average molecular weight is 841 g/mol. The van der Waals surface area contributed by atoms with Gasteiger partial charge < -0.3 is 9.05 Å². The van der Waals surface area contributed by atoms with Gasteiger partial charge in [-0.2, -0.15) is 0 Å². The van der Waals surface area contributed by atoms with E-state index in [0.717, 1.165) is 0 Å². The first-order chi connectivity index (χ1) is 30.8. The van der Waals surface area contributed by atoms with Crippen LogP contribution in [0.3, 0.4) is 0 Å². The minimum absolute atomic E-state index is 0.0132. The summed E-state index contributed by atoms with van der Waals surface area (Å²) in [5.41, 5.74) is 20.1. The quantitative estimate of drug-likeness (QED) is 0.115. The summed E-state index contributed by atoms with van der Waals surface area (Å²) < 4.78 is 5.50. The molecule has 0 fully saturated rings. The smallest absolute Gasteiger partial charge is 0.333 e. The molecule has 0 bridgehead atoms. The van der Waals surface area contributed by atoms with Gasteiger partial charge in [0.2, 0.25) is 0 Å². The Kier molecular flexibility index (Phi) is 7.40. The van der Waals surface area contributed by atoms with Gasteiger partial charge in [0.05, 0.1) is 16.7 Å². The number of nitrogens with zero attached hydrogens (tertiary/aromatic N) is 2. The molecule has 2 aromatic heterocycles. The Morgan fingerprint density at radius 1 is 0.400 bits per heavy atom. The van der Waals surface area contributed by atoms with E-state index in [1.54, 1.807) is 0 Å². The molecule has 0 saturated heterocycles. The second-order valence-corrected chi connectivity index (χ2v) is 23.9. The van der Waals surface area contributed by atoms with Crippen molar-refractivity contribution < 1.29 is 0 Å². The summed E-state index contributed by atoms with van der Waals surface area (Å²) in [6.45, 7) is 28.3. The Bertz CT molecular complexity index is 3880. The van der Waals surface area contributed by atoms with Crippen LogP contribution in [0.1, 0.15) is 105 Å². The van der Waals surface area contributed by atoms with Crippen molar-refractivity contribution in [2.75, 3.05) is 0 Å². The maximum atomic E-state index is 2.79. The molecule has 0 atom stereocenters. The van der Waals surface area contributed by atoms with E-state index in [9.17, 15) is 0 Å². The van der Waals surface area contributed by atoms with E-state index in [4.69, 9.17) is 0 Å². The first kappa shape index (κ1) is 39.1. The van der Waals surface area contributed by atoms with Crippen LogP contribution in [0.2, 0.25) is 0 Å². The van der Waals surface area contributed by atoms with Crippen molar-refractivity contribution in [3.63, 3.8) is 0 Å². The highest BCUT2D eigenvalue weighted by molar-refractivity contribution is 6.90. The van der Waals surface area contributed by atoms with Gasteiger partial charge >= 0.3 is 6.85 Å². The van der Waals surface area contributed by atoms with E-state index in [-0.39, 0.29) is 28.5 Å². The van der Waals surface area contributed by atoms with Crippen LogP contribution < -0.4 is 10.9 Å². The highest BCUT2D eigenvalue weighted by Gasteiger charge is 2.44. The molecule has 0 amide bonds. The van der Waals surface area contributed by atoms with Gasteiger partial charge in [-0.25, -0.2) is 0 Å². The molecule has 13 rings (SSSR count). The van der Waals surface area contributed by atoms with Gasteiger partial charge in [0.1, 0.15) is 0 Å². The van der Waals surface area contributed by atoms with Crippen molar-refractivity contribution in [2.24, 2.45) is 0 Å². The zero-order valence-electron chi connectivity index (χ0n) is 40.1. The number of hydrogen-bond acceptors (Lipinski definition) is 0. The molecule has 0 radical (unpaired) electrons. The fourth-order valence-corrected chi connectivity index (χ4v) is 12.0. The molecule has 11 aromatic rings. The molecule has 318 valence electrons. The molecule has 2 aliphatic heterocycles. The van der Waals surface area contributed by atoms with Crippen molar-refractivity contribution in [2.45, 2.75) is 105 Å². The Balaban J connectivity index is 1.30. The van der Waals surface area contributed by atoms with E-state index in [1.165, 1.54) is 137 Å². The minimum atomic E-state index is -0.0670. The summed E-state index contributed by atoms with van der Waals surface area (Å²) in [4.78, 5) is 0. The molecule has 3 heteroatoms. The van der Waals surface area contributed by atoms with Crippen LogP contribution in [-0.4, -0.2) is 15.9 Å². The number of rotatable bonds is 1. The van der Waals surface area contributed by atoms with Gasteiger partial charge in [0.25, 0.3) is 0 Å². The van der Waals surface area contributed by atoms with Gasteiger partial charge in [0, 0.05) is 48.9 Å². The summed E-state index contributed by atoms with van der Waals surface area (Å²) in [5.74, 6) is 0. The molecule has 9 aromatic carbocycles. The number of aromatic nitrogens is 2. The van der Waals surface area contributed by atoms with Crippen molar-refractivity contribution in [3.05, 3.63) is 150 Å². The molecular formula is C62H57BN2. The Labute approximate surface area is 383 Å². The van der Waals surface area contributed by atoms with Gasteiger partial charge in [-0.1, -0.05) is 168 Å². The topological polar surface area (TPSA) is 9.86 Å². The first-order valence-corrected chi connectivity index (χ1v) is 23.9. The molecule has 0 spiro atoms. The summed E-state index contributed by atoms with van der Waals surface area (Å²) in [5, 5.41) is 13.5. The number of benzene rings is 9. The summed E-state index contributed by atoms with van der Waals surface area (Å²) >= 11 is 0. The predicted molar refractivity (Wildman–Crippen MR) is 284 cm³/mol. The third-order valence-electron chi connectivity index (χ3n) is 15.6. The second kappa shape index (κ2) is 12.3. The van der Waals surface area contributed by atoms with E-state index < -0.39 is 0 Å². The SMILES string of the molecule is CC(C)(C)c1cc2ccc3c4c5c(c6ccc(c1)c2c36)-n1c2ccc(-c3ccccc3)cc2c2cc(C(C)(C)C)cc(c21)B5n1c2ccc(C(C)(C)C)cc2c2cc(C(C)(C)C)cc-4c21. The third kappa shape index (κ3) is 5.19. The van der Waals surface area contributed by atoms with Crippen LogP contribution in [-0.2, 0) is 21.7 Å². The maximum absolute atomic E-state index is 2.79. The molecule has 0 unspecified atom stereocenters. The lowest BCUT2D eigenvalue weighted by Crippen LogP contribution is -2.55. The van der Waals surface area contributed by atoms with Gasteiger partial charge in [-0.3, -0.25) is 0 Å². The fourth-order valence-electron chi connectivity index (χ4n) is 12.0. The van der Waals surface area contributed by atoms with Crippen LogP contribution in [0.5, 0.6) is 0 Å². The molecule has 65 heavy (non-hydrogen) atoms. The van der Waals surface area contributed by atoms with E-state index in [2.05, 4.69) is 220 Å². The highest BCUT2D eigenvalue weighted by atomic mass is 15.0. The summed E-state index contributed by atoms with van der Waals surface area (Å²) in [7, 11) is 0. The van der Waals surface area contributed by atoms with Gasteiger partial charge in [0.15, 0.2) is 0 Å². The monoisotopic (exact) mass is 840 g/mol. The third-order valence-corrected chi connectivity index (χ3v) is 15.6.